The highest BCUT2D eigenvalue weighted by molar-refractivity contribution is 6.42. The average Bonchev–Trinajstić information content (AvgIpc) is 2.89. The lowest BCUT2D eigenvalue weighted by molar-refractivity contribution is 0.101. The van der Waals surface area contributed by atoms with E-state index in [0.29, 0.717) is 16.9 Å². The predicted octanol–water partition coefficient (Wildman–Crippen LogP) is 4.98. The summed E-state index contributed by atoms with van der Waals surface area (Å²) in [7, 11) is 1.62. The Kier molecular flexibility index (Phi) is 5.48. The molecule has 0 aliphatic rings. The van der Waals surface area contributed by atoms with Crippen LogP contribution in [0.4, 0.5) is 15.8 Å². The van der Waals surface area contributed by atoms with E-state index < -0.39 is 17.6 Å². The number of rotatable bonds is 4. The molecule has 0 radical (unpaired) electrons. The van der Waals surface area contributed by atoms with Gasteiger partial charge in [-0.15, -0.1) is 0 Å². The minimum atomic E-state index is -0.450. The van der Waals surface area contributed by atoms with Crippen LogP contribution in [0.25, 0.3) is 0 Å². The number of hydrogen-bond donors (Lipinski definition) is 2. The van der Waals surface area contributed by atoms with Crippen LogP contribution in [0.3, 0.4) is 0 Å². The molecule has 1 aromatic heterocycles. The van der Waals surface area contributed by atoms with E-state index in [4.69, 9.17) is 23.2 Å². The number of amides is 2. The normalized spacial score (nSPS) is 10.5. The molecular formula is C19H14Cl2FN3O2. The summed E-state index contributed by atoms with van der Waals surface area (Å²) < 4.78 is 14.7. The monoisotopic (exact) mass is 405 g/mol. The van der Waals surface area contributed by atoms with Gasteiger partial charge in [-0.3, -0.25) is 9.59 Å². The van der Waals surface area contributed by atoms with Gasteiger partial charge in [0.25, 0.3) is 11.8 Å². The van der Waals surface area contributed by atoms with Gasteiger partial charge in [0.05, 0.1) is 5.02 Å². The molecular weight excluding hydrogens is 392 g/mol. The predicted molar refractivity (Wildman–Crippen MR) is 104 cm³/mol. The number of halogens is 3. The first-order valence-corrected chi connectivity index (χ1v) is 8.60. The number of hydrogen-bond acceptors (Lipinski definition) is 2. The van der Waals surface area contributed by atoms with Gasteiger partial charge in [-0.05, 0) is 42.5 Å². The number of nitrogens with one attached hydrogen (secondary N) is 2. The topological polar surface area (TPSA) is 63.1 Å². The molecule has 0 saturated carbocycles. The van der Waals surface area contributed by atoms with Gasteiger partial charge in [0.2, 0.25) is 0 Å². The van der Waals surface area contributed by atoms with Crippen molar-refractivity contribution in [3.8, 4) is 0 Å². The van der Waals surface area contributed by atoms with Crippen molar-refractivity contribution in [1.29, 1.82) is 0 Å². The molecule has 2 amide bonds. The summed E-state index contributed by atoms with van der Waals surface area (Å²) >= 11 is 11.9. The molecule has 0 unspecified atom stereocenters. The van der Waals surface area contributed by atoms with Crippen molar-refractivity contribution < 1.29 is 14.0 Å². The molecule has 0 fully saturated rings. The molecule has 3 aromatic rings. The third kappa shape index (κ3) is 4.30. The van der Waals surface area contributed by atoms with Crippen LogP contribution in [0, 0.1) is 5.82 Å². The molecule has 0 aliphatic carbocycles. The number of benzene rings is 2. The first-order chi connectivity index (χ1) is 12.8. The van der Waals surface area contributed by atoms with E-state index in [-0.39, 0.29) is 15.9 Å². The fraction of sp³-hybridized carbons (Fsp3) is 0.0526. The maximum absolute atomic E-state index is 13.2. The zero-order valence-electron chi connectivity index (χ0n) is 14.1. The lowest BCUT2D eigenvalue weighted by atomic mass is 10.1. The van der Waals surface area contributed by atoms with E-state index in [0.717, 1.165) is 0 Å². The van der Waals surface area contributed by atoms with E-state index in [1.807, 2.05) is 0 Å². The second-order valence-electron chi connectivity index (χ2n) is 5.73. The minimum Gasteiger partial charge on any atom is -0.329 e. The molecule has 0 spiro atoms. The van der Waals surface area contributed by atoms with Gasteiger partial charge in [0.15, 0.2) is 0 Å². The molecule has 5 nitrogen and oxygen atoms in total. The lowest BCUT2D eigenvalue weighted by Gasteiger charge is -2.09. The summed E-state index contributed by atoms with van der Waals surface area (Å²) in [5, 5.41) is 5.82. The molecule has 0 atom stereocenters. The van der Waals surface area contributed by atoms with Crippen LogP contribution in [0.15, 0.2) is 54.6 Å². The maximum atomic E-state index is 13.2. The van der Waals surface area contributed by atoms with E-state index in [1.54, 1.807) is 31.3 Å². The average molecular weight is 406 g/mol. The zero-order chi connectivity index (χ0) is 19.6. The Hall–Kier alpha value is -2.83. The summed E-state index contributed by atoms with van der Waals surface area (Å²) in [5.41, 5.74) is 1.34. The molecule has 8 heteroatoms. The third-order valence-electron chi connectivity index (χ3n) is 3.81. The number of carbonyl (C=O) groups excluding carboxylic acids is 2. The Bertz CT molecular complexity index is 1030. The molecule has 2 N–H and O–H groups in total. The Morgan fingerprint density at radius 1 is 0.926 bits per heavy atom. The van der Waals surface area contributed by atoms with Crippen LogP contribution in [-0.4, -0.2) is 16.4 Å². The van der Waals surface area contributed by atoms with Gasteiger partial charge in [0.1, 0.15) is 16.7 Å². The zero-order valence-corrected chi connectivity index (χ0v) is 15.6. The maximum Gasteiger partial charge on any atom is 0.272 e. The number of aromatic nitrogens is 1. The van der Waals surface area contributed by atoms with Crippen molar-refractivity contribution in [3.05, 3.63) is 81.8 Å². The van der Waals surface area contributed by atoms with Crippen LogP contribution >= 0.6 is 23.2 Å². The van der Waals surface area contributed by atoms with Crippen molar-refractivity contribution >= 4 is 46.4 Å². The Balaban J connectivity index is 1.76. The van der Waals surface area contributed by atoms with Crippen LogP contribution < -0.4 is 10.6 Å². The number of anilines is 2. The fourth-order valence-electron chi connectivity index (χ4n) is 2.46. The first-order valence-electron chi connectivity index (χ1n) is 7.84. The molecule has 0 saturated heterocycles. The van der Waals surface area contributed by atoms with E-state index in [9.17, 15) is 14.0 Å². The molecule has 138 valence electrons. The summed E-state index contributed by atoms with van der Waals surface area (Å²) in [4.78, 5) is 24.8. The minimum absolute atomic E-state index is 0.255. The summed E-state index contributed by atoms with van der Waals surface area (Å²) in [6, 6.07) is 13.4. The van der Waals surface area contributed by atoms with E-state index in [2.05, 4.69) is 10.6 Å². The number of nitrogens with zero attached hydrogens (tertiary/aromatic N) is 1. The summed E-state index contributed by atoms with van der Waals surface area (Å²) in [5.74, 6) is -1.30. The molecule has 3 rings (SSSR count). The van der Waals surface area contributed by atoms with Crippen molar-refractivity contribution in [1.82, 2.24) is 4.57 Å². The molecule has 1 heterocycles. The highest BCUT2D eigenvalue weighted by atomic mass is 35.5. The van der Waals surface area contributed by atoms with Gasteiger partial charge < -0.3 is 15.2 Å². The second-order valence-corrected chi connectivity index (χ2v) is 6.49. The van der Waals surface area contributed by atoms with Gasteiger partial charge in [-0.25, -0.2) is 4.39 Å². The van der Waals surface area contributed by atoms with Crippen LogP contribution in [-0.2, 0) is 7.05 Å². The number of carbonyl (C=O) groups is 2. The second kappa shape index (κ2) is 7.82. The summed E-state index contributed by atoms with van der Waals surface area (Å²) in [6.07, 6.45) is 0. The Morgan fingerprint density at radius 2 is 1.56 bits per heavy atom. The standard InChI is InChI=1S/C19H14Cl2FN3O2/c1-25-16(10-15(20)17(25)21)19(27)24-13-6-2-4-11(8-13)18(26)23-14-7-3-5-12(22)9-14/h2-10H,1H3,(H,23,26)(H,24,27). The van der Waals surface area contributed by atoms with Gasteiger partial charge in [-0.2, -0.15) is 0 Å². The smallest absolute Gasteiger partial charge is 0.272 e. The van der Waals surface area contributed by atoms with Crippen LogP contribution in [0.1, 0.15) is 20.8 Å². The highest BCUT2D eigenvalue weighted by Crippen LogP contribution is 2.25. The van der Waals surface area contributed by atoms with Gasteiger partial charge in [0, 0.05) is 24.0 Å². The SMILES string of the molecule is Cn1c(C(=O)Nc2cccc(C(=O)Nc3cccc(F)c3)c2)cc(Cl)c1Cl. The third-order valence-corrected chi connectivity index (χ3v) is 4.66. The van der Waals surface area contributed by atoms with E-state index >= 15 is 0 Å². The van der Waals surface area contributed by atoms with Gasteiger partial charge >= 0.3 is 0 Å². The Morgan fingerprint density at radius 3 is 2.19 bits per heavy atom. The quantitative estimate of drug-likeness (QED) is 0.642. The largest absolute Gasteiger partial charge is 0.329 e. The van der Waals surface area contributed by atoms with Gasteiger partial charge in [-0.1, -0.05) is 35.3 Å². The first kappa shape index (κ1) is 18.9. The van der Waals surface area contributed by atoms with Crippen molar-refractivity contribution in [2.45, 2.75) is 0 Å². The fourth-order valence-corrected chi connectivity index (χ4v) is 2.84. The lowest BCUT2D eigenvalue weighted by Crippen LogP contribution is -2.17. The summed E-state index contributed by atoms with van der Waals surface area (Å²) in [6.45, 7) is 0. The van der Waals surface area contributed by atoms with Crippen LogP contribution in [0.5, 0.6) is 0 Å². The van der Waals surface area contributed by atoms with Crippen molar-refractivity contribution in [2.24, 2.45) is 7.05 Å². The highest BCUT2D eigenvalue weighted by Gasteiger charge is 2.16. The Labute approximate surface area is 164 Å². The van der Waals surface area contributed by atoms with Crippen molar-refractivity contribution in [3.63, 3.8) is 0 Å². The molecule has 2 aromatic carbocycles. The van der Waals surface area contributed by atoms with Crippen molar-refractivity contribution in [2.75, 3.05) is 10.6 Å². The van der Waals surface area contributed by atoms with E-state index in [1.165, 1.54) is 34.9 Å². The molecule has 27 heavy (non-hydrogen) atoms. The molecule has 0 aliphatic heterocycles. The van der Waals surface area contributed by atoms with Crippen LogP contribution in [0.2, 0.25) is 10.2 Å². The molecule has 0 bridgehead atoms.